The lowest BCUT2D eigenvalue weighted by molar-refractivity contribution is -0.117. The summed E-state index contributed by atoms with van der Waals surface area (Å²) in [6.45, 7) is 2.16. The number of halogens is 2. The first-order valence-electron chi connectivity index (χ1n) is 9.83. The van der Waals surface area contributed by atoms with Gasteiger partial charge >= 0.3 is 0 Å². The number of rotatable bonds is 9. The molecule has 0 heterocycles. The van der Waals surface area contributed by atoms with E-state index in [4.69, 9.17) is 16.3 Å². The van der Waals surface area contributed by atoms with Crippen molar-refractivity contribution in [2.45, 2.75) is 24.3 Å². The normalized spacial score (nSPS) is 12.2. The van der Waals surface area contributed by atoms with Gasteiger partial charge in [0, 0.05) is 5.69 Å². The van der Waals surface area contributed by atoms with E-state index < -0.39 is 27.8 Å². The van der Waals surface area contributed by atoms with E-state index in [0.29, 0.717) is 12.4 Å². The predicted octanol–water partition coefficient (Wildman–Crippen LogP) is 4.41. The number of nitrogens with one attached hydrogen (secondary N) is 2. The number of carbonyl (C=O) groups is 1. The van der Waals surface area contributed by atoms with Gasteiger partial charge in [-0.2, -0.15) is 4.72 Å². The van der Waals surface area contributed by atoms with Crippen LogP contribution in [0.4, 0.5) is 10.1 Å². The summed E-state index contributed by atoms with van der Waals surface area (Å²) in [6, 6.07) is 17.2. The van der Waals surface area contributed by atoms with Crippen molar-refractivity contribution >= 4 is 33.2 Å². The molecule has 0 radical (unpaired) electrons. The monoisotopic (exact) mass is 476 g/mol. The van der Waals surface area contributed by atoms with Gasteiger partial charge in [0.2, 0.25) is 15.9 Å². The highest BCUT2D eigenvalue weighted by Gasteiger charge is 2.27. The molecule has 0 saturated heterocycles. The van der Waals surface area contributed by atoms with Crippen LogP contribution in [0.5, 0.6) is 5.75 Å². The van der Waals surface area contributed by atoms with Crippen LogP contribution in [-0.4, -0.2) is 27.0 Å². The highest BCUT2D eigenvalue weighted by molar-refractivity contribution is 7.89. The molecule has 168 valence electrons. The van der Waals surface area contributed by atoms with E-state index in [-0.39, 0.29) is 22.0 Å². The molecule has 0 spiro atoms. The van der Waals surface area contributed by atoms with Crippen molar-refractivity contribution in [1.82, 2.24) is 4.72 Å². The molecule has 0 bridgehead atoms. The SMILES string of the molecule is CCOc1ccc(S(=O)(=O)NC(Cc2ccccc2)C(=O)Nc2cccc(F)c2)cc1Cl. The summed E-state index contributed by atoms with van der Waals surface area (Å²) in [6.07, 6.45) is 0.0893. The Balaban J connectivity index is 1.87. The van der Waals surface area contributed by atoms with Crippen LogP contribution >= 0.6 is 11.6 Å². The third-order valence-electron chi connectivity index (χ3n) is 4.50. The molecular weight excluding hydrogens is 455 g/mol. The van der Waals surface area contributed by atoms with Crippen LogP contribution in [0, 0.1) is 5.82 Å². The molecule has 0 saturated carbocycles. The third-order valence-corrected chi connectivity index (χ3v) is 6.27. The molecule has 6 nitrogen and oxygen atoms in total. The summed E-state index contributed by atoms with van der Waals surface area (Å²) in [4.78, 5) is 12.8. The number of carbonyl (C=O) groups excluding carboxylic acids is 1. The summed E-state index contributed by atoms with van der Waals surface area (Å²) in [5.41, 5.74) is 0.968. The minimum Gasteiger partial charge on any atom is -0.492 e. The lowest BCUT2D eigenvalue weighted by Crippen LogP contribution is -2.45. The number of hydrogen-bond acceptors (Lipinski definition) is 4. The Morgan fingerprint density at radius 2 is 1.81 bits per heavy atom. The third kappa shape index (κ3) is 6.29. The maximum Gasteiger partial charge on any atom is 0.242 e. The molecule has 1 atom stereocenters. The summed E-state index contributed by atoms with van der Waals surface area (Å²) in [7, 11) is -4.10. The number of benzene rings is 3. The highest BCUT2D eigenvalue weighted by Crippen LogP contribution is 2.27. The molecule has 0 aliphatic rings. The van der Waals surface area contributed by atoms with E-state index in [9.17, 15) is 17.6 Å². The second-order valence-corrected chi connectivity index (χ2v) is 9.01. The molecule has 32 heavy (non-hydrogen) atoms. The van der Waals surface area contributed by atoms with Crippen LogP contribution in [0.15, 0.2) is 77.7 Å². The highest BCUT2D eigenvalue weighted by atomic mass is 35.5. The molecule has 1 amide bonds. The van der Waals surface area contributed by atoms with Crippen LogP contribution in [0.25, 0.3) is 0 Å². The van der Waals surface area contributed by atoms with Crippen LogP contribution in [0.3, 0.4) is 0 Å². The van der Waals surface area contributed by atoms with Gasteiger partial charge < -0.3 is 10.1 Å². The number of ether oxygens (including phenoxy) is 1. The fraction of sp³-hybridized carbons (Fsp3) is 0.174. The lowest BCUT2D eigenvalue weighted by Gasteiger charge is -2.19. The zero-order valence-corrected chi connectivity index (χ0v) is 18.8. The van der Waals surface area contributed by atoms with Crippen LogP contribution in [0.1, 0.15) is 12.5 Å². The van der Waals surface area contributed by atoms with Crippen molar-refractivity contribution in [1.29, 1.82) is 0 Å². The lowest BCUT2D eigenvalue weighted by atomic mass is 10.1. The topological polar surface area (TPSA) is 84.5 Å². The summed E-state index contributed by atoms with van der Waals surface area (Å²) < 4.78 is 47.3. The maximum atomic E-state index is 13.5. The molecule has 0 aromatic heterocycles. The van der Waals surface area contributed by atoms with Gasteiger partial charge in [0.05, 0.1) is 16.5 Å². The van der Waals surface area contributed by atoms with E-state index in [1.165, 1.54) is 36.4 Å². The Hall–Kier alpha value is -2.94. The Bertz CT molecular complexity index is 1190. The van der Waals surface area contributed by atoms with Gasteiger partial charge in [-0.05, 0) is 55.3 Å². The van der Waals surface area contributed by atoms with E-state index in [1.807, 2.05) is 6.07 Å². The molecular formula is C23H22ClFN2O4S. The van der Waals surface area contributed by atoms with E-state index >= 15 is 0 Å². The van der Waals surface area contributed by atoms with Crippen molar-refractivity contribution in [2.24, 2.45) is 0 Å². The number of anilines is 1. The maximum absolute atomic E-state index is 13.5. The van der Waals surface area contributed by atoms with Crippen molar-refractivity contribution in [3.05, 3.63) is 89.2 Å². The van der Waals surface area contributed by atoms with Crippen molar-refractivity contribution < 1.29 is 22.3 Å². The zero-order chi connectivity index (χ0) is 23.1. The predicted molar refractivity (Wildman–Crippen MR) is 122 cm³/mol. The Morgan fingerprint density at radius 3 is 2.47 bits per heavy atom. The smallest absolute Gasteiger partial charge is 0.242 e. The van der Waals surface area contributed by atoms with Gasteiger partial charge in [0.1, 0.15) is 17.6 Å². The van der Waals surface area contributed by atoms with Gasteiger partial charge in [0.15, 0.2) is 0 Å². The Morgan fingerprint density at radius 1 is 1.06 bits per heavy atom. The number of amides is 1. The Kier molecular flexibility index (Phi) is 7.84. The zero-order valence-electron chi connectivity index (χ0n) is 17.2. The minimum atomic E-state index is -4.10. The van der Waals surface area contributed by atoms with Crippen LogP contribution in [-0.2, 0) is 21.2 Å². The van der Waals surface area contributed by atoms with E-state index in [0.717, 1.165) is 11.6 Å². The van der Waals surface area contributed by atoms with Gasteiger partial charge in [-0.15, -0.1) is 0 Å². The van der Waals surface area contributed by atoms with Crippen LogP contribution in [0.2, 0.25) is 5.02 Å². The molecule has 0 aliphatic carbocycles. The standard InChI is InChI=1S/C23H22ClFN2O4S/c1-2-31-22-12-11-19(15-20(22)24)32(29,30)27-21(13-16-7-4-3-5-8-16)23(28)26-18-10-6-9-17(25)14-18/h3-12,14-15,21,27H,2,13H2,1H3,(H,26,28). The van der Waals surface area contributed by atoms with Crippen molar-refractivity contribution in [3.8, 4) is 5.75 Å². The quantitative estimate of drug-likeness (QED) is 0.479. The molecule has 3 aromatic carbocycles. The second-order valence-electron chi connectivity index (χ2n) is 6.89. The fourth-order valence-corrected chi connectivity index (χ4v) is 4.53. The first-order chi connectivity index (χ1) is 15.3. The second kappa shape index (κ2) is 10.6. The average Bonchev–Trinajstić information content (AvgIpc) is 2.75. The van der Waals surface area contributed by atoms with E-state index in [2.05, 4.69) is 10.0 Å². The summed E-state index contributed by atoms with van der Waals surface area (Å²) in [5, 5.41) is 2.70. The largest absolute Gasteiger partial charge is 0.492 e. The fourth-order valence-electron chi connectivity index (χ4n) is 3.01. The Labute approximate surface area is 191 Å². The molecule has 3 rings (SSSR count). The molecule has 0 fully saturated rings. The van der Waals surface area contributed by atoms with Gasteiger partial charge in [0.25, 0.3) is 0 Å². The van der Waals surface area contributed by atoms with Gasteiger partial charge in [-0.25, -0.2) is 12.8 Å². The van der Waals surface area contributed by atoms with E-state index in [1.54, 1.807) is 31.2 Å². The summed E-state index contributed by atoms with van der Waals surface area (Å²) in [5.74, 6) is -0.787. The first-order valence-corrected chi connectivity index (χ1v) is 11.7. The van der Waals surface area contributed by atoms with Gasteiger partial charge in [-0.3, -0.25) is 4.79 Å². The molecule has 3 aromatic rings. The van der Waals surface area contributed by atoms with Crippen LogP contribution < -0.4 is 14.8 Å². The van der Waals surface area contributed by atoms with Crippen molar-refractivity contribution in [3.63, 3.8) is 0 Å². The molecule has 1 unspecified atom stereocenters. The number of hydrogen-bond donors (Lipinski definition) is 2. The van der Waals surface area contributed by atoms with Gasteiger partial charge in [-0.1, -0.05) is 48.0 Å². The molecule has 2 N–H and O–H groups in total. The molecule has 0 aliphatic heterocycles. The van der Waals surface area contributed by atoms with Crippen molar-refractivity contribution in [2.75, 3.05) is 11.9 Å². The molecule has 9 heteroatoms. The average molecular weight is 477 g/mol. The minimum absolute atomic E-state index is 0.0893. The first kappa shape index (κ1) is 23.7. The number of sulfonamides is 1. The summed E-state index contributed by atoms with van der Waals surface area (Å²) >= 11 is 6.13.